The third-order valence-electron chi connectivity index (χ3n) is 4.99. The Bertz CT molecular complexity index is 1060. The lowest BCUT2D eigenvalue weighted by molar-refractivity contribution is -0.117. The summed E-state index contributed by atoms with van der Waals surface area (Å²) in [6, 6.07) is 13.7. The standard InChI is InChI=1S/C22H22FN5O2.H2S/c1-14-21(29)26-19-12-25-22(27-20(19)28(14)2)24-11-15-6-8-18(9-7-15)30-13-16-4-3-5-17(23)10-16;/h3-10,12,14H,11,13H2,1-2H3,(H,26,29)(H,24,25,27);1H2/t14-;/m0./s1. The van der Waals surface area contributed by atoms with Crippen molar-refractivity contribution in [3.8, 4) is 5.75 Å². The number of anilines is 3. The molecule has 0 aliphatic carbocycles. The van der Waals surface area contributed by atoms with Gasteiger partial charge in [-0.2, -0.15) is 18.5 Å². The lowest BCUT2D eigenvalue weighted by atomic mass is 10.2. The molecule has 2 aromatic carbocycles. The summed E-state index contributed by atoms with van der Waals surface area (Å²) in [6.07, 6.45) is 1.61. The highest BCUT2D eigenvalue weighted by atomic mass is 32.1. The molecule has 1 aliphatic heterocycles. The summed E-state index contributed by atoms with van der Waals surface area (Å²) in [5, 5.41) is 6.00. The number of hydrogen-bond donors (Lipinski definition) is 2. The highest BCUT2D eigenvalue weighted by Crippen LogP contribution is 2.29. The lowest BCUT2D eigenvalue weighted by Gasteiger charge is -2.31. The van der Waals surface area contributed by atoms with Gasteiger partial charge in [0.2, 0.25) is 11.9 Å². The normalized spacial score (nSPS) is 14.9. The second kappa shape index (κ2) is 9.65. The van der Waals surface area contributed by atoms with Crippen LogP contribution in [0, 0.1) is 5.82 Å². The van der Waals surface area contributed by atoms with Crippen molar-refractivity contribution in [3.63, 3.8) is 0 Å². The fraction of sp³-hybridized carbons (Fsp3) is 0.227. The summed E-state index contributed by atoms with van der Waals surface area (Å²) in [5.41, 5.74) is 2.41. The number of nitrogens with zero attached hydrogens (tertiary/aromatic N) is 3. The maximum absolute atomic E-state index is 13.2. The van der Waals surface area contributed by atoms with Crippen LogP contribution < -0.4 is 20.3 Å². The number of nitrogens with one attached hydrogen (secondary N) is 2. The SMILES string of the molecule is C[C@H]1C(=O)Nc2cnc(NCc3ccc(OCc4cccc(F)c4)cc3)nc2N1C.S. The molecule has 0 spiro atoms. The van der Waals surface area contributed by atoms with Crippen LogP contribution in [0.15, 0.2) is 54.7 Å². The number of likely N-dealkylation sites (N-methyl/N-ethyl adjacent to an activating group) is 1. The van der Waals surface area contributed by atoms with E-state index in [1.807, 2.05) is 49.2 Å². The molecule has 0 radical (unpaired) electrons. The lowest BCUT2D eigenvalue weighted by Crippen LogP contribution is -2.44. The Morgan fingerprint density at radius 2 is 1.97 bits per heavy atom. The van der Waals surface area contributed by atoms with E-state index in [0.717, 1.165) is 11.1 Å². The Morgan fingerprint density at radius 3 is 2.71 bits per heavy atom. The van der Waals surface area contributed by atoms with Crippen molar-refractivity contribution >= 4 is 36.9 Å². The van der Waals surface area contributed by atoms with Crippen LogP contribution in [0.3, 0.4) is 0 Å². The van der Waals surface area contributed by atoms with E-state index in [4.69, 9.17) is 4.74 Å². The first-order valence-electron chi connectivity index (χ1n) is 9.60. The van der Waals surface area contributed by atoms with Crippen molar-refractivity contribution < 1.29 is 13.9 Å². The van der Waals surface area contributed by atoms with Crippen molar-refractivity contribution in [2.75, 3.05) is 22.6 Å². The van der Waals surface area contributed by atoms with E-state index in [1.54, 1.807) is 12.3 Å². The molecule has 7 nitrogen and oxygen atoms in total. The minimum absolute atomic E-state index is 0. The average Bonchev–Trinajstić information content (AvgIpc) is 2.76. The first kappa shape index (κ1) is 22.4. The van der Waals surface area contributed by atoms with Gasteiger partial charge >= 0.3 is 0 Å². The molecule has 1 aliphatic rings. The third kappa shape index (κ3) is 5.24. The predicted octanol–water partition coefficient (Wildman–Crippen LogP) is 3.70. The summed E-state index contributed by atoms with van der Waals surface area (Å²) in [6.45, 7) is 2.67. The Hall–Kier alpha value is -3.33. The first-order valence-corrected chi connectivity index (χ1v) is 9.60. The molecule has 31 heavy (non-hydrogen) atoms. The number of hydrogen-bond acceptors (Lipinski definition) is 6. The molecule has 0 saturated carbocycles. The van der Waals surface area contributed by atoms with E-state index in [0.29, 0.717) is 36.4 Å². The summed E-state index contributed by atoms with van der Waals surface area (Å²) in [7, 11) is 1.83. The minimum atomic E-state index is -0.292. The number of ether oxygens (including phenoxy) is 1. The number of halogens is 1. The molecule has 2 heterocycles. The van der Waals surface area contributed by atoms with Gasteiger partial charge in [-0.05, 0) is 42.3 Å². The number of fused-ring (bicyclic) bond motifs is 1. The van der Waals surface area contributed by atoms with Gasteiger partial charge in [-0.15, -0.1) is 0 Å². The highest BCUT2D eigenvalue weighted by Gasteiger charge is 2.28. The molecular formula is C22H24FN5O2S. The quantitative estimate of drug-likeness (QED) is 0.607. The molecule has 1 amide bonds. The fourth-order valence-corrected chi connectivity index (χ4v) is 3.09. The predicted molar refractivity (Wildman–Crippen MR) is 123 cm³/mol. The van der Waals surface area contributed by atoms with Gasteiger partial charge in [0.1, 0.15) is 29.9 Å². The number of benzene rings is 2. The van der Waals surface area contributed by atoms with E-state index < -0.39 is 0 Å². The zero-order valence-electron chi connectivity index (χ0n) is 17.2. The van der Waals surface area contributed by atoms with Crippen LogP contribution in [0.2, 0.25) is 0 Å². The van der Waals surface area contributed by atoms with Crippen LogP contribution in [0.4, 0.5) is 21.8 Å². The number of carbonyl (C=O) groups is 1. The maximum atomic E-state index is 13.2. The van der Waals surface area contributed by atoms with Gasteiger partial charge in [-0.3, -0.25) is 4.79 Å². The molecule has 0 saturated heterocycles. The average molecular weight is 442 g/mol. The number of aromatic nitrogens is 2. The summed E-state index contributed by atoms with van der Waals surface area (Å²) in [5.74, 6) is 1.52. The third-order valence-corrected chi connectivity index (χ3v) is 4.99. The van der Waals surface area contributed by atoms with E-state index in [9.17, 15) is 9.18 Å². The van der Waals surface area contributed by atoms with Crippen LogP contribution >= 0.6 is 13.5 Å². The Balaban J connectivity index is 0.00000272. The molecule has 4 rings (SSSR count). The Labute approximate surface area is 187 Å². The van der Waals surface area contributed by atoms with Gasteiger partial charge in [0.05, 0.1) is 6.20 Å². The van der Waals surface area contributed by atoms with E-state index in [2.05, 4.69) is 20.6 Å². The van der Waals surface area contributed by atoms with Gasteiger partial charge < -0.3 is 20.3 Å². The van der Waals surface area contributed by atoms with Crippen molar-refractivity contribution in [1.29, 1.82) is 0 Å². The van der Waals surface area contributed by atoms with Crippen molar-refractivity contribution in [2.24, 2.45) is 0 Å². The van der Waals surface area contributed by atoms with E-state index in [1.165, 1.54) is 12.1 Å². The van der Waals surface area contributed by atoms with Gasteiger partial charge in [0.25, 0.3) is 0 Å². The maximum Gasteiger partial charge on any atom is 0.246 e. The van der Waals surface area contributed by atoms with Gasteiger partial charge in [-0.25, -0.2) is 9.37 Å². The van der Waals surface area contributed by atoms with Crippen molar-refractivity contribution in [2.45, 2.75) is 26.1 Å². The van der Waals surface area contributed by atoms with Crippen LogP contribution in [0.5, 0.6) is 5.75 Å². The Kier molecular flexibility index (Phi) is 6.96. The first-order chi connectivity index (χ1) is 14.5. The monoisotopic (exact) mass is 441 g/mol. The van der Waals surface area contributed by atoms with Crippen LogP contribution in [-0.2, 0) is 17.9 Å². The van der Waals surface area contributed by atoms with E-state index in [-0.39, 0.29) is 31.3 Å². The molecule has 3 aromatic rings. The number of amides is 1. The Morgan fingerprint density at radius 1 is 1.19 bits per heavy atom. The number of rotatable bonds is 6. The summed E-state index contributed by atoms with van der Waals surface area (Å²) < 4.78 is 18.9. The summed E-state index contributed by atoms with van der Waals surface area (Å²) >= 11 is 0. The van der Waals surface area contributed by atoms with Crippen molar-refractivity contribution in [3.05, 3.63) is 71.7 Å². The summed E-state index contributed by atoms with van der Waals surface area (Å²) in [4.78, 5) is 22.5. The van der Waals surface area contributed by atoms with Crippen LogP contribution in [0.25, 0.3) is 0 Å². The number of carbonyl (C=O) groups excluding carboxylic acids is 1. The smallest absolute Gasteiger partial charge is 0.246 e. The molecule has 2 N–H and O–H groups in total. The van der Waals surface area contributed by atoms with E-state index >= 15 is 0 Å². The molecule has 162 valence electrons. The molecule has 1 atom stereocenters. The molecule has 0 fully saturated rings. The van der Waals surface area contributed by atoms with Gasteiger partial charge in [0.15, 0.2) is 5.82 Å². The molecule has 9 heteroatoms. The fourth-order valence-electron chi connectivity index (χ4n) is 3.09. The largest absolute Gasteiger partial charge is 0.489 e. The second-order valence-corrected chi connectivity index (χ2v) is 7.12. The topological polar surface area (TPSA) is 79.4 Å². The highest BCUT2D eigenvalue weighted by molar-refractivity contribution is 7.59. The van der Waals surface area contributed by atoms with Gasteiger partial charge in [0, 0.05) is 13.6 Å². The van der Waals surface area contributed by atoms with Crippen molar-refractivity contribution in [1.82, 2.24) is 9.97 Å². The molecular weight excluding hydrogens is 417 g/mol. The second-order valence-electron chi connectivity index (χ2n) is 7.12. The molecule has 0 unspecified atom stereocenters. The van der Waals surface area contributed by atoms with Gasteiger partial charge in [-0.1, -0.05) is 24.3 Å². The molecule has 1 aromatic heterocycles. The van der Waals surface area contributed by atoms with Crippen LogP contribution in [0.1, 0.15) is 18.1 Å². The molecule has 0 bridgehead atoms. The zero-order chi connectivity index (χ0) is 21.1. The van der Waals surface area contributed by atoms with Crippen LogP contribution in [-0.4, -0.2) is 29.0 Å². The minimum Gasteiger partial charge on any atom is -0.489 e. The zero-order valence-corrected chi connectivity index (χ0v) is 18.2.